The third kappa shape index (κ3) is 3.17. The molecule has 0 N–H and O–H groups in total. The van der Waals surface area contributed by atoms with Gasteiger partial charge in [0.1, 0.15) is 0 Å². The number of halogens is 2. The first kappa shape index (κ1) is 12.9. The number of pyridine rings is 1. The van der Waals surface area contributed by atoms with Gasteiger partial charge in [-0.25, -0.2) is 4.39 Å². The first-order chi connectivity index (χ1) is 7.70. The molecule has 1 heterocycles. The lowest BCUT2D eigenvalue weighted by atomic mass is 10.2. The van der Waals surface area contributed by atoms with Gasteiger partial charge in [-0.1, -0.05) is 6.92 Å². The molecule has 0 spiro atoms. The van der Waals surface area contributed by atoms with Gasteiger partial charge in [-0.15, -0.1) is 11.6 Å². The molecule has 0 aromatic carbocycles. The van der Waals surface area contributed by atoms with E-state index in [2.05, 4.69) is 4.98 Å². The van der Waals surface area contributed by atoms with E-state index in [0.29, 0.717) is 19.0 Å². The molecular weight excluding hydrogens is 231 g/mol. The largest absolute Gasteiger partial charge is 0.337 e. The number of hydrogen-bond acceptors (Lipinski definition) is 2. The monoisotopic (exact) mass is 244 g/mol. The summed E-state index contributed by atoms with van der Waals surface area (Å²) in [4.78, 5) is 17.1. The molecule has 0 bridgehead atoms. The van der Waals surface area contributed by atoms with Gasteiger partial charge in [0, 0.05) is 25.2 Å². The fraction of sp³-hybridized carbons (Fsp3) is 0.455. The molecule has 0 atom stereocenters. The normalized spacial score (nSPS) is 10.2. The highest BCUT2D eigenvalue weighted by molar-refractivity contribution is 6.18. The Hall–Kier alpha value is -1.16. The molecule has 3 nitrogen and oxygen atoms in total. The highest BCUT2D eigenvalue weighted by Crippen LogP contribution is 2.09. The molecule has 5 heteroatoms. The van der Waals surface area contributed by atoms with Crippen molar-refractivity contribution in [1.82, 2.24) is 9.88 Å². The molecule has 1 amide bonds. The summed E-state index contributed by atoms with van der Waals surface area (Å²) >= 11 is 5.60. The second kappa shape index (κ2) is 6.43. The van der Waals surface area contributed by atoms with Crippen LogP contribution in [-0.4, -0.2) is 34.8 Å². The second-order valence-corrected chi connectivity index (χ2v) is 3.71. The number of amides is 1. The molecule has 0 fully saturated rings. The van der Waals surface area contributed by atoms with Crippen molar-refractivity contribution in [3.8, 4) is 0 Å². The molecule has 0 saturated heterocycles. The average molecular weight is 245 g/mol. The highest BCUT2D eigenvalue weighted by Gasteiger charge is 2.17. The quantitative estimate of drug-likeness (QED) is 0.745. The summed E-state index contributed by atoms with van der Waals surface area (Å²) in [5.74, 6) is -0.580. The number of alkyl halides is 1. The topological polar surface area (TPSA) is 33.2 Å². The molecule has 0 aliphatic carbocycles. The van der Waals surface area contributed by atoms with Crippen LogP contribution >= 0.6 is 11.6 Å². The molecule has 88 valence electrons. The minimum atomic E-state index is -0.594. The predicted molar refractivity (Wildman–Crippen MR) is 61.1 cm³/mol. The second-order valence-electron chi connectivity index (χ2n) is 3.34. The first-order valence-electron chi connectivity index (χ1n) is 5.15. The Morgan fingerprint density at radius 3 is 2.88 bits per heavy atom. The molecule has 1 rings (SSSR count). The maximum Gasteiger partial charge on any atom is 0.256 e. The maximum atomic E-state index is 13.3. The van der Waals surface area contributed by atoms with Gasteiger partial charge in [-0.3, -0.25) is 9.78 Å². The van der Waals surface area contributed by atoms with Crippen LogP contribution < -0.4 is 0 Å². The Kier molecular flexibility index (Phi) is 5.19. The van der Waals surface area contributed by atoms with E-state index in [1.807, 2.05) is 6.92 Å². The van der Waals surface area contributed by atoms with E-state index < -0.39 is 5.82 Å². The van der Waals surface area contributed by atoms with Crippen molar-refractivity contribution < 1.29 is 9.18 Å². The van der Waals surface area contributed by atoms with Crippen LogP contribution in [0, 0.1) is 5.82 Å². The summed E-state index contributed by atoms with van der Waals surface area (Å²) in [7, 11) is 0. The zero-order chi connectivity index (χ0) is 12.0. The van der Waals surface area contributed by atoms with Gasteiger partial charge in [0.25, 0.3) is 5.91 Å². The number of carbonyl (C=O) groups excluding carboxylic acids is 1. The summed E-state index contributed by atoms with van der Waals surface area (Å²) in [5.41, 5.74) is 0.0496. The molecule has 0 radical (unpaired) electrons. The van der Waals surface area contributed by atoms with Crippen LogP contribution in [0.2, 0.25) is 0 Å². The fourth-order valence-corrected chi connectivity index (χ4v) is 1.61. The van der Waals surface area contributed by atoms with Crippen LogP contribution in [0.4, 0.5) is 4.39 Å². The summed E-state index contributed by atoms with van der Waals surface area (Å²) in [6.45, 7) is 2.96. The summed E-state index contributed by atoms with van der Waals surface area (Å²) < 4.78 is 13.3. The average Bonchev–Trinajstić information content (AvgIpc) is 2.28. The molecule has 1 aromatic rings. The van der Waals surface area contributed by atoms with E-state index >= 15 is 0 Å². The number of carbonyl (C=O) groups is 1. The van der Waals surface area contributed by atoms with Crippen molar-refractivity contribution in [3.63, 3.8) is 0 Å². The van der Waals surface area contributed by atoms with Gasteiger partial charge in [0.2, 0.25) is 0 Å². The first-order valence-corrected chi connectivity index (χ1v) is 5.69. The molecule has 1 aromatic heterocycles. The maximum absolute atomic E-state index is 13.3. The molecule has 16 heavy (non-hydrogen) atoms. The minimum Gasteiger partial charge on any atom is -0.337 e. The van der Waals surface area contributed by atoms with Gasteiger partial charge in [-0.2, -0.15) is 0 Å². The Labute approximate surface area is 99.2 Å². The van der Waals surface area contributed by atoms with E-state index in [9.17, 15) is 9.18 Å². The number of aromatic nitrogens is 1. The SMILES string of the molecule is CCCN(CCCl)C(=O)c1ccncc1F. The van der Waals surface area contributed by atoms with Crippen LogP contribution in [0.25, 0.3) is 0 Å². The van der Waals surface area contributed by atoms with Gasteiger partial charge >= 0.3 is 0 Å². The third-order valence-electron chi connectivity index (χ3n) is 2.14. The van der Waals surface area contributed by atoms with E-state index in [1.165, 1.54) is 12.3 Å². The number of rotatable bonds is 5. The third-order valence-corrected chi connectivity index (χ3v) is 2.31. The fourth-order valence-electron chi connectivity index (χ4n) is 1.41. The lowest BCUT2D eigenvalue weighted by Crippen LogP contribution is -2.34. The summed E-state index contributed by atoms with van der Waals surface area (Å²) in [5, 5.41) is 0. The summed E-state index contributed by atoms with van der Waals surface area (Å²) in [6, 6.07) is 1.38. The van der Waals surface area contributed by atoms with Crippen molar-refractivity contribution in [2.75, 3.05) is 19.0 Å². The number of nitrogens with zero attached hydrogens (tertiary/aromatic N) is 2. The smallest absolute Gasteiger partial charge is 0.256 e. The Bertz CT molecular complexity index is 354. The molecule has 0 aliphatic heterocycles. The van der Waals surface area contributed by atoms with Crippen molar-refractivity contribution in [2.24, 2.45) is 0 Å². The standard InChI is InChI=1S/C11H14ClFN2O/c1-2-6-15(7-4-12)11(16)9-3-5-14-8-10(9)13/h3,5,8H,2,4,6-7H2,1H3. The van der Waals surface area contributed by atoms with Crippen molar-refractivity contribution in [1.29, 1.82) is 0 Å². The zero-order valence-electron chi connectivity index (χ0n) is 9.12. The van der Waals surface area contributed by atoms with Gasteiger partial charge in [0.15, 0.2) is 5.82 Å². The highest BCUT2D eigenvalue weighted by atomic mass is 35.5. The van der Waals surface area contributed by atoms with Crippen molar-refractivity contribution in [3.05, 3.63) is 29.8 Å². The lowest BCUT2D eigenvalue weighted by molar-refractivity contribution is 0.0760. The molecule has 0 aliphatic rings. The van der Waals surface area contributed by atoms with Gasteiger partial charge in [-0.05, 0) is 12.5 Å². The van der Waals surface area contributed by atoms with Crippen LogP contribution in [0.3, 0.4) is 0 Å². The van der Waals surface area contributed by atoms with E-state index in [-0.39, 0.29) is 11.5 Å². The van der Waals surface area contributed by atoms with Crippen molar-refractivity contribution >= 4 is 17.5 Å². The van der Waals surface area contributed by atoms with E-state index in [4.69, 9.17) is 11.6 Å². The molecule has 0 saturated carbocycles. The van der Waals surface area contributed by atoms with Gasteiger partial charge in [0.05, 0.1) is 11.8 Å². The Morgan fingerprint density at radius 2 is 2.31 bits per heavy atom. The van der Waals surface area contributed by atoms with Crippen LogP contribution in [-0.2, 0) is 0 Å². The molecule has 0 unspecified atom stereocenters. The summed E-state index contributed by atoms with van der Waals surface area (Å²) in [6.07, 6.45) is 3.26. The van der Waals surface area contributed by atoms with E-state index in [0.717, 1.165) is 12.6 Å². The Morgan fingerprint density at radius 1 is 1.56 bits per heavy atom. The van der Waals surface area contributed by atoms with Gasteiger partial charge < -0.3 is 4.90 Å². The minimum absolute atomic E-state index is 0.0496. The number of hydrogen-bond donors (Lipinski definition) is 0. The predicted octanol–water partition coefficient (Wildman–Crippen LogP) is 2.31. The molecular formula is C11H14ClFN2O. The van der Waals surface area contributed by atoms with Crippen LogP contribution in [0.5, 0.6) is 0 Å². The van der Waals surface area contributed by atoms with Crippen molar-refractivity contribution in [2.45, 2.75) is 13.3 Å². The van der Waals surface area contributed by atoms with Crippen LogP contribution in [0.15, 0.2) is 18.5 Å². The zero-order valence-corrected chi connectivity index (χ0v) is 9.88. The lowest BCUT2D eigenvalue weighted by Gasteiger charge is -2.21. The van der Waals surface area contributed by atoms with E-state index in [1.54, 1.807) is 4.90 Å². The Balaban J connectivity index is 2.85. The van der Waals surface area contributed by atoms with Crippen LogP contribution in [0.1, 0.15) is 23.7 Å².